The first-order chi connectivity index (χ1) is 4.11. The van der Waals surface area contributed by atoms with Gasteiger partial charge in [0.1, 0.15) is 0 Å². The van der Waals surface area contributed by atoms with Gasteiger partial charge in [-0.1, -0.05) is 20.8 Å². The normalized spacial score (nSPS) is 11.9. The summed E-state index contributed by atoms with van der Waals surface area (Å²) in [6.07, 6.45) is 0. The maximum absolute atomic E-state index is 4.14. The van der Waals surface area contributed by atoms with Crippen LogP contribution in [0.3, 0.4) is 0 Å². The fourth-order valence-corrected chi connectivity index (χ4v) is 1.91. The monoisotopic (exact) mass is 161 g/mol. The lowest BCUT2D eigenvalue weighted by molar-refractivity contribution is 0.558. The molecule has 2 nitrogen and oxygen atoms in total. The van der Waals surface area contributed by atoms with Gasteiger partial charge in [0.05, 0.1) is 4.37 Å². The maximum atomic E-state index is 4.14. The van der Waals surface area contributed by atoms with Crippen molar-refractivity contribution in [3.63, 3.8) is 0 Å². The minimum absolute atomic E-state index is 0.122. The second-order valence-corrected chi connectivity index (χ2v) is 4.46. The van der Waals surface area contributed by atoms with Gasteiger partial charge in [0, 0.05) is 5.41 Å². The zero-order valence-corrected chi connectivity index (χ0v) is 7.34. The quantitative estimate of drug-likeness (QED) is 0.430. The Labute approximate surface area is 62.3 Å². The van der Waals surface area contributed by atoms with Gasteiger partial charge in [-0.25, -0.2) is 0 Å². The Hall–Kier alpha value is -0.0900. The van der Waals surface area contributed by atoms with Crippen LogP contribution in [0, 0.1) is 0 Å². The minimum Gasteiger partial charge on any atom is -0.117 e. The van der Waals surface area contributed by atoms with Gasteiger partial charge in [0.15, 0.2) is 0 Å². The third kappa shape index (κ3) is 1.66. The summed E-state index contributed by atoms with van der Waals surface area (Å²) in [4.78, 5) is 0. The van der Waals surface area contributed by atoms with E-state index in [4.69, 9.17) is 0 Å². The van der Waals surface area contributed by atoms with Crippen molar-refractivity contribution in [3.8, 4) is 0 Å². The molecule has 0 fully saturated rings. The van der Waals surface area contributed by atoms with Crippen molar-refractivity contribution in [3.05, 3.63) is 5.82 Å². The van der Waals surface area contributed by atoms with Gasteiger partial charge in [-0.05, 0) is 0 Å². The van der Waals surface area contributed by atoms with Crippen molar-refractivity contribution < 1.29 is 0 Å². The van der Waals surface area contributed by atoms with Crippen LogP contribution >= 0.6 is 21.1 Å². The molecule has 0 aliphatic heterocycles. The number of aromatic nitrogens is 2. The highest BCUT2D eigenvalue weighted by Crippen LogP contribution is 2.19. The van der Waals surface area contributed by atoms with Crippen molar-refractivity contribution >= 4 is 21.1 Å². The van der Waals surface area contributed by atoms with Crippen LogP contribution in [0.5, 0.6) is 0 Å². The molecule has 1 aromatic heterocycles. The van der Waals surface area contributed by atoms with Crippen molar-refractivity contribution in [1.29, 1.82) is 0 Å². The lowest BCUT2D eigenvalue weighted by Gasteiger charge is -2.08. The molecule has 0 radical (unpaired) electrons. The van der Waals surface area contributed by atoms with E-state index < -0.39 is 0 Å². The third-order valence-corrected chi connectivity index (χ3v) is 2.16. The van der Waals surface area contributed by atoms with E-state index in [2.05, 4.69) is 29.5 Å². The average molecular weight is 161 g/mol. The van der Waals surface area contributed by atoms with Crippen molar-refractivity contribution in [1.82, 2.24) is 8.75 Å². The average Bonchev–Trinajstić information content (AvgIpc) is 2.08. The van der Waals surface area contributed by atoms with Crippen LogP contribution in [0.15, 0.2) is 0 Å². The molecule has 0 aliphatic rings. The van der Waals surface area contributed by atoms with Crippen molar-refractivity contribution in [2.75, 3.05) is 0 Å². The maximum Gasteiger partial charge on any atom is 0.462 e. The molecule has 0 saturated heterocycles. The minimum atomic E-state index is 0.122. The van der Waals surface area contributed by atoms with Crippen LogP contribution < -0.4 is 0 Å². The first kappa shape index (κ1) is 7.02. The lowest BCUT2D eigenvalue weighted by Crippen LogP contribution is -2.12. The Morgan fingerprint density at radius 3 is 2.33 bits per heavy atom. The Morgan fingerprint density at radius 2 is 2.11 bits per heavy atom. The van der Waals surface area contributed by atoms with Crippen LogP contribution in [0.1, 0.15) is 26.6 Å². The number of rotatable bonds is 0. The summed E-state index contributed by atoms with van der Waals surface area (Å²) in [7, 11) is 2.89. The first-order valence-corrected chi connectivity index (χ1v) is 4.79. The number of hydrogen-bond acceptors (Lipinski definition) is 3. The third-order valence-electron chi connectivity index (χ3n) is 0.952. The van der Waals surface area contributed by atoms with Crippen LogP contribution in [0.25, 0.3) is 0 Å². The van der Waals surface area contributed by atoms with Gasteiger partial charge >= 0.3 is 21.1 Å². The van der Waals surface area contributed by atoms with E-state index in [-0.39, 0.29) is 5.41 Å². The zero-order valence-electron chi connectivity index (χ0n) is 5.71. The highest BCUT2D eigenvalue weighted by molar-refractivity contribution is 7.64. The lowest BCUT2D eigenvalue weighted by atomic mass is 9.96. The summed E-state index contributed by atoms with van der Waals surface area (Å²) < 4.78 is 8.27. The molecule has 0 bridgehead atoms. The largest absolute Gasteiger partial charge is 0.462 e. The molecule has 0 N–H and O–H groups in total. The van der Waals surface area contributed by atoms with Gasteiger partial charge in [0.25, 0.3) is 0 Å². The van der Waals surface area contributed by atoms with E-state index in [0.29, 0.717) is 0 Å². The zero-order chi connectivity index (χ0) is 6.91. The molecule has 0 aromatic carbocycles. The van der Waals surface area contributed by atoms with Gasteiger partial charge in [-0.2, -0.15) is 0 Å². The second-order valence-electron chi connectivity index (χ2n) is 2.91. The van der Waals surface area contributed by atoms with Gasteiger partial charge in [-0.3, -0.25) is 0 Å². The standard InChI is InChI=1S/C5H9N2S2/c1-5(2,3)4-6-8-9-7-4/h1-3H3/q+1. The Morgan fingerprint density at radius 1 is 1.44 bits per heavy atom. The molecule has 0 saturated carbocycles. The van der Waals surface area contributed by atoms with E-state index in [9.17, 15) is 0 Å². The molecule has 4 heteroatoms. The molecule has 50 valence electrons. The first-order valence-electron chi connectivity index (χ1n) is 2.73. The molecule has 0 atom stereocenters. The molecule has 9 heavy (non-hydrogen) atoms. The molecule has 1 rings (SSSR count). The molecule has 0 aliphatic carbocycles. The summed E-state index contributed by atoms with van der Waals surface area (Å²) in [5.74, 6) is 0.956. The van der Waals surface area contributed by atoms with Crippen LogP contribution in [-0.2, 0) is 5.41 Å². The van der Waals surface area contributed by atoms with E-state index in [1.165, 1.54) is 21.1 Å². The summed E-state index contributed by atoms with van der Waals surface area (Å²) in [5.41, 5.74) is 0.122. The summed E-state index contributed by atoms with van der Waals surface area (Å²) in [6, 6.07) is 0. The van der Waals surface area contributed by atoms with Crippen LogP contribution in [0.4, 0.5) is 0 Å². The number of hydrogen-bond donors (Lipinski definition) is 0. The fourth-order valence-electron chi connectivity index (χ4n) is 0.394. The van der Waals surface area contributed by atoms with Crippen molar-refractivity contribution in [2.45, 2.75) is 26.2 Å². The molecule has 0 spiro atoms. The van der Waals surface area contributed by atoms with E-state index in [1.807, 2.05) is 0 Å². The molecule has 1 aromatic rings. The SMILES string of the molecule is CC(C)(C)c1ns[s+]n1. The highest BCUT2D eigenvalue weighted by atomic mass is 32.9. The van der Waals surface area contributed by atoms with E-state index >= 15 is 0 Å². The van der Waals surface area contributed by atoms with Crippen LogP contribution in [0.2, 0.25) is 0 Å². The summed E-state index contributed by atoms with van der Waals surface area (Å²) >= 11 is 0. The van der Waals surface area contributed by atoms with Crippen molar-refractivity contribution in [2.24, 2.45) is 0 Å². The number of nitrogens with zero attached hydrogens (tertiary/aromatic N) is 2. The molecular weight excluding hydrogens is 152 g/mol. The van der Waals surface area contributed by atoms with Gasteiger partial charge in [0.2, 0.25) is 5.82 Å². The summed E-state index contributed by atoms with van der Waals surface area (Å²) in [6.45, 7) is 6.34. The summed E-state index contributed by atoms with van der Waals surface area (Å²) in [5, 5.41) is 0. The fraction of sp³-hybridized carbons (Fsp3) is 0.800. The topological polar surface area (TPSA) is 25.8 Å². The van der Waals surface area contributed by atoms with Gasteiger partial charge in [-0.15, -0.1) is 4.37 Å². The van der Waals surface area contributed by atoms with Crippen LogP contribution in [-0.4, -0.2) is 8.75 Å². The molecule has 0 amide bonds. The smallest absolute Gasteiger partial charge is 0.117 e. The Kier molecular flexibility index (Phi) is 1.77. The van der Waals surface area contributed by atoms with E-state index in [1.54, 1.807) is 0 Å². The molecule has 0 unspecified atom stereocenters. The Balaban J connectivity index is 2.90. The predicted octanol–water partition coefficient (Wildman–Crippen LogP) is 2.18. The Bertz CT molecular complexity index is 175. The highest BCUT2D eigenvalue weighted by Gasteiger charge is 2.22. The molecule has 1 heterocycles. The predicted molar refractivity (Wildman–Crippen MR) is 40.9 cm³/mol. The van der Waals surface area contributed by atoms with Gasteiger partial charge < -0.3 is 0 Å². The van der Waals surface area contributed by atoms with E-state index in [0.717, 1.165) is 5.82 Å². The molecular formula is C5H9N2S2+. The second kappa shape index (κ2) is 2.27.